The van der Waals surface area contributed by atoms with Crippen LogP contribution in [0.2, 0.25) is 0 Å². The lowest BCUT2D eigenvalue weighted by atomic mass is 10.0. The summed E-state index contributed by atoms with van der Waals surface area (Å²) >= 11 is 0. The summed E-state index contributed by atoms with van der Waals surface area (Å²) in [4.78, 5) is 26.2. The summed E-state index contributed by atoms with van der Waals surface area (Å²) in [6, 6.07) is 0. The molecule has 2 heterocycles. The van der Waals surface area contributed by atoms with Gasteiger partial charge in [0, 0.05) is 12.3 Å². The van der Waals surface area contributed by atoms with E-state index >= 15 is 0 Å². The molecule has 1 amide bonds. The second kappa shape index (κ2) is 8.64. The maximum absolute atomic E-state index is 14.7. The number of amides is 1. The van der Waals surface area contributed by atoms with Gasteiger partial charge in [-0.1, -0.05) is 0 Å². The van der Waals surface area contributed by atoms with Crippen LogP contribution in [-0.2, 0) is 23.1 Å². The van der Waals surface area contributed by atoms with Crippen LogP contribution in [0.4, 0.5) is 8.78 Å². The third-order valence-electron chi connectivity index (χ3n) is 4.21. The number of primary amides is 1. The maximum Gasteiger partial charge on any atom is 0.399 e. The Morgan fingerprint density at radius 2 is 2.11 bits per heavy atom. The van der Waals surface area contributed by atoms with Gasteiger partial charge >= 0.3 is 13.3 Å². The van der Waals surface area contributed by atoms with E-state index in [1.807, 2.05) is 0 Å². The molecule has 0 spiro atoms. The van der Waals surface area contributed by atoms with Crippen LogP contribution >= 0.6 is 7.60 Å². The Morgan fingerprint density at radius 3 is 2.57 bits per heavy atom. The Labute approximate surface area is 159 Å². The SMILES string of the molecule is CCOP(=O)(OCC)C(F)(F)C[C@H]1O[C@@H](n2cnc(C(N)=O)c2O)CC1C=O. The van der Waals surface area contributed by atoms with Gasteiger partial charge in [0.15, 0.2) is 5.69 Å². The van der Waals surface area contributed by atoms with E-state index < -0.39 is 55.4 Å². The standard InChI is InChI=1S/C15H22F2N3O7P/c1-3-25-28(24,26-4-2)15(16,17)6-10-9(7-21)5-11(27-10)20-8-19-12(13(18)22)14(20)23/h7-11,23H,3-6H2,1-2H3,(H2,18,22)/t9?,10-,11-/m1/s1. The first-order valence-electron chi connectivity index (χ1n) is 8.53. The van der Waals surface area contributed by atoms with Crippen LogP contribution in [-0.4, -0.2) is 51.8 Å². The summed E-state index contributed by atoms with van der Waals surface area (Å²) in [7, 11) is -4.78. The zero-order chi connectivity index (χ0) is 21.1. The van der Waals surface area contributed by atoms with E-state index in [0.29, 0.717) is 6.29 Å². The number of nitrogens with zero attached hydrogens (tertiary/aromatic N) is 2. The third kappa shape index (κ3) is 4.24. The van der Waals surface area contributed by atoms with Gasteiger partial charge in [0.2, 0.25) is 5.88 Å². The highest BCUT2D eigenvalue weighted by Gasteiger charge is 2.56. The third-order valence-corrected chi connectivity index (χ3v) is 6.39. The molecule has 10 nitrogen and oxygen atoms in total. The number of aldehydes is 1. The van der Waals surface area contributed by atoms with Crippen molar-refractivity contribution in [2.75, 3.05) is 13.2 Å². The monoisotopic (exact) mass is 425 g/mol. The number of aromatic nitrogens is 2. The first kappa shape index (κ1) is 22.4. The molecule has 1 aromatic rings. The Balaban J connectivity index is 2.23. The van der Waals surface area contributed by atoms with Crippen LogP contribution in [0.1, 0.15) is 43.4 Å². The van der Waals surface area contributed by atoms with Crippen LogP contribution in [0, 0.1) is 5.92 Å². The van der Waals surface area contributed by atoms with E-state index in [4.69, 9.17) is 19.5 Å². The molecule has 13 heteroatoms. The molecule has 0 bridgehead atoms. The number of hydrogen-bond acceptors (Lipinski definition) is 8. The molecule has 1 unspecified atom stereocenters. The Hall–Kier alpha value is -1.88. The molecule has 2 rings (SSSR count). The molecule has 1 saturated heterocycles. The summed E-state index contributed by atoms with van der Waals surface area (Å²) in [5.74, 6) is -2.58. The van der Waals surface area contributed by atoms with Crippen molar-refractivity contribution in [3.8, 4) is 5.88 Å². The number of imidazole rings is 1. The van der Waals surface area contributed by atoms with E-state index in [9.17, 15) is 28.0 Å². The molecule has 0 aromatic carbocycles. The van der Waals surface area contributed by atoms with Crippen LogP contribution in [0.5, 0.6) is 5.88 Å². The van der Waals surface area contributed by atoms with Crippen LogP contribution in [0.25, 0.3) is 0 Å². The van der Waals surface area contributed by atoms with Gasteiger partial charge in [0.05, 0.1) is 25.7 Å². The Bertz CT molecular complexity index is 763. The average molecular weight is 425 g/mol. The lowest BCUT2D eigenvalue weighted by Crippen LogP contribution is -2.30. The van der Waals surface area contributed by atoms with Crippen LogP contribution in [0.15, 0.2) is 6.33 Å². The fourth-order valence-electron chi connectivity index (χ4n) is 2.92. The van der Waals surface area contributed by atoms with Gasteiger partial charge in [-0.2, -0.15) is 8.78 Å². The van der Waals surface area contributed by atoms with Crippen molar-refractivity contribution in [2.45, 2.75) is 44.7 Å². The van der Waals surface area contributed by atoms with Gasteiger partial charge in [0.25, 0.3) is 5.91 Å². The minimum atomic E-state index is -4.78. The number of rotatable bonds is 10. The fourth-order valence-corrected chi connectivity index (χ4v) is 4.46. The number of hydrogen-bond donors (Lipinski definition) is 2. The second-order valence-electron chi connectivity index (χ2n) is 6.06. The van der Waals surface area contributed by atoms with Gasteiger partial charge in [0.1, 0.15) is 18.8 Å². The van der Waals surface area contributed by atoms with Gasteiger partial charge in [-0.25, -0.2) is 4.98 Å². The van der Waals surface area contributed by atoms with Gasteiger partial charge in [-0.15, -0.1) is 0 Å². The first-order chi connectivity index (χ1) is 13.1. The topological polar surface area (TPSA) is 143 Å². The van der Waals surface area contributed by atoms with Gasteiger partial charge < -0.3 is 29.4 Å². The zero-order valence-corrected chi connectivity index (χ0v) is 16.2. The minimum absolute atomic E-state index is 0.0695. The molecule has 1 aromatic heterocycles. The molecule has 0 radical (unpaired) electrons. The molecule has 1 aliphatic rings. The summed E-state index contributed by atoms with van der Waals surface area (Å²) in [6.07, 6.45) is -2.05. The van der Waals surface area contributed by atoms with E-state index in [2.05, 4.69) is 4.98 Å². The summed E-state index contributed by atoms with van der Waals surface area (Å²) in [5.41, 5.74) is 0.739. The summed E-state index contributed by atoms with van der Waals surface area (Å²) in [5, 5.41) is 10.0. The largest absolute Gasteiger partial charge is 0.493 e. The fraction of sp³-hybridized carbons (Fsp3) is 0.667. The predicted molar refractivity (Wildman–Crippen MR) is 90.9 cm³/mol. The van der Waals surface area contributed by atoms with E-state index in [1.54, 1.807) is 0 Å². The number of nitrogens with two attached hydrogens (primary N) is 1. The molecule has 3 atom stereocenters. The molecule has 28 heavy (non-hydrogen) atoms. The van der Waals surface area contributed by atoms with E-state index in [0.717, 1.165) is 10.9 Å². The normalized spacial score (nSPS) is 23.1. The quantitative estimate of drug-likeness (QED) is 0.428. The first-order valence-corrected chi connectivity index (χ1v) is 10.1. The van der Waals surface area contributed by atoms with Crippen LogP contribution < -0.4 is 5.73 Å². The number of aromatic hydroxyl groups is 1. The molecule has 1 aliphatic heterocycles. The Kier molecular flexibility index (Phi) is 6.92. The van der Waals surface area contributed by atoms with Crippen molar-refractivity contribution in [2.24, 2.45) is 11.7 Å². The number of alkyl halides is 2. The van der Waals surface area contributed by atoms with Crippen molar-refractivity contribution in [3.63, 3.8) is 0 Å². The smallest absolute Gasteiger partial charge is 0.399 e. The maximum atomic E-state index is 14.7. The van der Waals surface area contributed by atoms with Gasteiger partial charge in [-0.05, 0) is 13.8 Å². The highest BCUT2D eigenvalue weighted by molar-refractivity contribution is 7.55. The molecule has 0 aliphatic carbocycles. The summed E-state index contributed by atoms with van der Waals surface area (Å²) < 4.78 is 57.7. The molecular formula is C15H22F2N3O7P. The van der Waals surface area contributed by atoms with Crippen molar-refractivity contribution in [3.05, 3.63) is 12.0 Å². The number of ether oxygens (including phenoxy) is 1. The van der Waals surface area contributed by atoms with Crippen LogP contribution in [0.3, 0.4) is 0 Å². The molecule has 3 N–H and O–H groups in total. The van der Waals surface area contributed by atoms with E-state index in [1.165, 1.54) is 13.8 Å². The average Bonchev–Trinajstić information content (AvgIpc) is 3.17. The molecular weight excluding hydrogens is 403 g/mol. The van der Waals surface area contributed by atoms with Gasteiger partial charge in [-0.3, -0.25) is 13.9 Å². The summed E-state index contributed by atoms with van der Waals surface area (Å²) in [6.45, 7) is 2.29. The highest BCUT2D eigenvalue weighted by Crippen LogP contribution is 2.64. The van der Waals surface area contributed by atoms with Crippen molar-refractivity contribution < 1.29 is 41.8 Å². The second-order valence-corrected chi connectivity index (χ2v) is 8.22. The lowest BCUT2D eigenvalue weighted by molar-refractivity contribution is -0.114. The molecule has 158 valence electrons. The highest BCUT2D eigenvalue weighted by atomic mass is 31.2. The number of carbonyl (C=O) groups is 2. The molecule has 0 saturated carbocycles. The lowest BCUT2D eigenvalue weighted by Gasteiger charge is -2.28. The number of halogens is 2. The minimum Gasteiger partial charge on any atom is -0.493 e. The molecule has 1 fully saturated rings. The predicted octanol–water partition coefficient (Wildman–Crippen LogP) is 2.04. The van der Waals surface area contributed by atoms with Crippen molar-refractivity contribution in [1.29, 1.82) is 0 Å². The number of carbonyl (C=O) groups excluding carboxylic acids is 2. The van der Waals surface area contributed by atoms with E-state index in [-0.39, 0.29) is 19.6 Å². The van der Waals surface area contributed by atoms with Crippen molar-refractivity contribution in [1.82, 2.24) is 9.55 Å². The zero-order valence-electron chi connectivity index (χ0n) is 15.3. The van der Waals surface area contributed by atoms with Crippen molar-refractivity contribution >= 4 is 19.8 Å². The Morgan fingerprint density at radius 1 is 1.50 bits per heavy atom.